The van der Waals surface area contributed by atoms with Gasteiger partial charge in [-0.25, -0.2) is 8.42 Å². The van der Waals surface area contributed by atoms with E-state index in [1.165, 1.54) is 0 Å². The van der Waals surface area contributed by atoms with E-state index >= 15 is 0 Å². The van der Waals surface area contributed by atoms with Gasteiger partial charge in [0, 0.05) is 24.5 Å². The number of amides is 1. The number of primary amides is 1. The zero-order valence-electron chi connectivity index (χ0n) is 12.2. The summed E-state index contributed by atoms with van der Waals surface area (Å²) in [6.45, 7) is 6.08. The van der Waals surface area contributed by atoms with Gasteiger partial charge in [-0.3, -0.25) is 14.4 Å². The molecule has 0 atom stereocenters. The summed E-state index contributed by atoms with van der Waals surface area (Å²) in [6, 6.07) is 2.01. The number of nitrogens with zero attached hydrogens (tertiary/aromatic N) is 3. The van der Waals surface area contributed by atoms with E-state index in [0.29, 0.717) is 19.1 Å². The molecule has 0 unspecified atom stereocenters. The lowest BCUT2D eigenvalue weighted by Gasteiger charge is -2.43. The normalized spacial score (nSPS) is 23.6. The molecule has 1 amide bonds. The highest BCUT2D eigenvalue weighted by atomic mass is 32.2. The van der Waals surface area contributed by atoms with Crippen LogP contribution in [0.3, 0.4) is 0 Å². The summed E-state index contributed by atoms with van der Waals surface area (Å²) < 4.78 is 25.1. The summed E-state index contributed by atoms with van der Waals surface area (Å²) >= 11 is 0. The number of carbonyl (C=O) groups is 1. The SMILES string of the molecule is CC(C)N1Cc2cc(C(N)=O)nn2CC2(C1)CS(=O)(=O)C2. The van der Waals surface area contributed by atoms with Gasteiger partial charge in [-0.1, -0.05) is 0 Å². The molecule has 1 spiro atoms. The average Bonchev–Trinajstić information content (AvgIpc) is 2.62. The van der Waals surface area contributed by atoms with Gasteiger partial charge in [0.05, 0.1) is 23.7 Å². The largest absolute Gasteiger partial charge is 0.364 e. The van der Waals surface area contributed by atoms with Crippen molar-refractivity contribution in [3.05, 3.63) is 17.5 Å². The van der Waals surface area contributed by atoms with Gasteiger partial charge in [-0.05, 0) is 19.9 Å². The third kappa shape index (κ3) is 2.57. The van der Waals surface area contributed by atoms with Crippen molar-refractivity contribution in [1.82, 2.24) is 14.7 Å². The summed E-state index contributed by atoms with van der Waals surface area (Å²) in [5, 5.41) is 4.25. The van der Waals surface area contributed by atoms with Gasteiger partial charge in [-0.15, -0.1) is 0 Å². The van der Waals surface area contributed by atoms with E-state index in [9.17, 15) is 13.2 Å². The van der Waals surface area contributed by atoms with E-state index in [4.69, 9.17) is 5.73 Å². The Morgan fingerprint density at radius 1 is 1.38 bits per heavy atom. The second-order valence-corrected chi connectivity index (χ2v) is 8.64. The fourth-order valence-electron chi connectivity index (χ4n) is 3.34. The minimum Gasteiger partial charge on any atom is -0.364 e. The van der Waals surface area contributed by atoms with Crippen molar-refractivity contribution in [2.45, 2.75) is 33.0 Å². The smallest absolute Gasteiger partial charge is 0.269 e. The summed E-state index contributed by atoms with van der Waals surface area (Å²) in [6.07, 6.45) is 0. The Labute approximate surface area is 124 Å². The maximum atomic E-state index is 11.7. The van der Waals surface area contributed by atoms with Gasteiger partial charge < -0.3 is 5.73 Å². The Balaban J connectivity index is 1.98. The van der Waals surface area contributed by atoms with Gasteiger partial charge in [-0.2, -0.15) is 5.10 Å². The standard InChI is InChI=1S/C13H20N4O3S/c1-9(2)16-4-10-3-11(12(14)18)15-17(10)6-13(5-16)7-21(19,20)8-13/h3,9H,4-8H2,1-2H3,(H2,14,18). The van der Waals surface area contributed by atoms with Crippen molar-refractivity contribution in [1.29, 1.82) is 0 Å². The van der Waals surface area contributed by atoms with E-state index in [0.717, 1.165) is 12.2 Å². The van der Waals surface area contributed by atoms with Crippen molar-refractivity contribution >= 4 is 15.7 Å². The van der Waals surface area contributed by atoms with E-state index in [2.05, 4.69) is 23.8 Å². The van der Waals surface area contributed by atoms with Crippen molar-refractivity contribution in [3.63, 3.8) is 0 Å². The number of carbonyl (C=O) groups excluding carboxylic acids is 1. The molecule has 2 aliphatic rings. The Kier molecular flexibility index (Phi) is 3.14. The molecular formula is C13H20N4O3S. The number of hydrogen-bond acceptors (Lipinski definition) is 5. The minimum atomic E-state index is -2.93. The van der Waals surface area contributed by atoms with Crippen LogP contribution in [-0.4, -0.2) is 53.1 Å². The van der Waals surface area contributed by atoms with Gasteiger partial charge in [0.15, 0.2) is 9.84 Å². The molecule has 3 heterocycles. The molecule has 0 aliphatic carbocycles. The van der Waals surface area contributed by atoms with E-state index in [1.807, 2.05) is 0 Å². The van der Waals surface area contributed by atoms with Crippen molar-refractivity contribution in [3.8, 4) is 0 Å². The Hall–Kier alpha value is -1.41. The van der Waals surface area contributed by atoms with Crippen molar-refractivity contribution < 1.29 is 13.2 Å². The van der Waals surface area contributed by atoms with Crippen LogP contribution >= 0.6 is 0 Å². The quantitative estimate of drug-likeness (QED) is 0.803. The maximum absolute atomic E-state index is 11.7. The topological polar surface area (TPSA) is 98.3 Å². The number of fused-ring (bicyclic) bond motifs is 1. The second-order valence-electron chi connectivity index (χ2n) is 6.57. The minimum absolute atomic E-state index is 0.189. The van der Waals surface area contributed by atoms with Gasteiger partial charge in [0.25, 0.3) is 5.91 Å². The molecule has 0 saturated carbocycles. The first-order chi connectivity index (χ1) is 9.70. The molecule has 2 N–H and O–H groups in total. The third-order valence-electron chi connectivity index (χ3n) is 4.29. The number of aromatic nitrogens is 2. The van der Waals surface area contributed by atoms with Crippen molar-refractivity contribution in [2.75, 3.05) is 18.1 Å². The molecule has 116 valence electrons. The molecule has 21 heavy (non-hydrogen) atoms. The van der Waals surface area contributed by atoms with E-state index in [-0.39, 0.29) is 22.6 Å². The fraction of sp³-hybridized carbons (Fsp3) is 0.692. The van der Waals surface area contributed by atoms with Crippen LogP contribution < -0.4 is 5.73 Å². The first kappa shape index (κ1) is 14.5. The predicted octanol–water partition coefficient (Wildman–Crippen LogP) is -0.379. The van der Waals surface area contributed by atoms with Crippen LogP contribution in [0.5, 0.6) is 0 Å². The van der Waals surface area contributed by atoms with Gasteiger partial charge in [0.1, 0.15) is 5.69 Å². The zero-order chi connectivity index (χ0) is 15.4. The highest BCUT2D eigenvalue weighted by molar-refractivity contribution is 7.92. The Morgan fingerprint density at radius 2 is 2.05 bits per heavy atom. The van der Waals surface area contributed by atoms with Crippen LogP contribution in [0, 0.1) is 5.41 Å². The van der Waals surface area contributed by atoms with Crippen molar-refractivity contribution in [2.24, 2.45) is 11.1 Å². The van der Waals surface area contributed by atoms with E-state index in [1.54, 1.807) is 10.7 Å². The number of rotatable bonds is 2. The Bertz CT molecular complexity index is 680. The summed E-state index contributed by atoms with van der Waals surface area (Å²) in [5.41, 5.74) is 6.15. The van der Waals surface area contributed by atoms with Crippen LogP contribution in [0.4, 0.5) is 0 Å². The predicted molar refractivity (Wildman–Crippen MR) is 77.4 cm³/mol. The van der Waals surface area contributed by atoms with Crippen LogP contribution in [0.25, 0.3) is 0 Å². The van der Waals surface area contributed by atoms with Gasteiger partial charge in [0.2, 0.25) is 0 Å². The van der Waals surface area contributed by atoms with Crippen LogP contribution in [0.2, 0.25) is 0 Å². The molecule has 8 heteroatoms. The molecule has 3 rings (SSSR count). The summed E-state index contributed by atoms with van der Waals surface area (Å²) in [7, 11) is -2.93. The first-order valence-electron chi connectivity index (χ1n) is 7.01. The summed E-state index contributed by atoms with van der Waals surface area (Å²) in [4.78, 5) is 13.5. The highest BCUT2D eigenvalue weighted by Crippen LogP contribution is 2.38. The number of sulfone groups is 1. The molecule has 0 bridgehead atoms. The molecule has 0 radical (unpaired) electrons. The Morgan fingerprint density at radius 3 is 2.57 bits per heavy atom. The molecule has 7 nitrogen and oxygen atoms in total. The molecular weight excluding hydrogens is 292 g/mol. The first-order valence-corrected chi connectivity index (χ1v) is 8.83. The lowest BCUT2D eigenvalue weighted by Crippen LogP contribution is -2.56. The number of nitrogens with two attached hydrogens (primary N) is 1. The van der Waals surface area contributed by atoms with Crippen LogP contribution in [0.15, 0.2) is 6.07 Å². The van der Waals surface area contributed by atoms with Gasteiger partial charge >= 0.3 is 0 Å². The van der Waals surface area contributed by atoms with Crippen LogP contribution in [-0.2, 0) is 22.9 Å². The molecule has 1 saturated heterocycles. The molecule has 1 aromatic rings. The number of hydrogen-bond donors (Lipinski definition) is 1. The monoisotopic (exact) mass is 312 g/mol. The maximum Gasteiger partial charge on any atom is 0.269 e. The molecule has 1 aromatic heterocycles. The lowest BCUT2D eigenvalue weighted by atomic mass is 9.91. The molecule has 1 fully saturated rings. The zero-order valence-corrected chi connectivity index (χ0v) is 13.1. The summed E-state index contributed by atoms with van der Waals surface area (Å²) in [5.74, 6) is -0.176. The fourth-order valence-corrected chi connectivity index (χ4v) is 5.49. The third-order valence-corrected chi connectivity index (χ3v) is 6.39. The van der Waals surface area contributed by atoms with Crippen LogP contribution in [0.1, 0.15) is 30.0 Å². The molecule has 0 aromatic carbocycles. The second kappa shape index (κ2) is 4.54. The van der Waals surface area contributed by atoms with E-state index < -0.39 is 15.7 Å². The lowest BCUT2D eigenvalue weighted by molar-refractivity contribution is 0.0992. The molecule has 2 aliphatic heterocycles. The highest BCUT2D eigenvalue weighted by Gasteiger charge is 2.51. The average molecular weight is 312 g/mol.